The molecule has 2 N–H and O–H groups in total. The lowest BCUT2D eigenvalue weighted by Crippen LogP contribution is -2.51. The Labute approximate surface area is 240 Å². The number of amides is 2. The molecule has 11 heteroatoms. The molecule has 0 radical (unpaired) electrons. The van der Waals surface area contributed by atoms with Crippen molar-refractivity contribution in [1.29, 1.82) is 5.26 Å². The van der Waals surface area contributed by atoms with Gasteiger partial charge in [0.2, 0.25) is 5.91 Å². The van der Waals surface area contributed by atoms with Gasteiger partial charge in [-0.05, 0) is 82.8 Å². The highest BCUT2D eigenvalue weighted by Crippen LogP contribution is 2.32. The maximum Gasteiger partial charge on any atom is 0.272 e. The summed E-state index contributed by atoms with van der Waals surface area (Å²) in [6, 6.07) is 9.16. The van der Waals surface area contributed by atoms with E-state index in [2.05, 4.69) is 31.8 Å². The third-order valence-electron chi connectivity index (χ3n) is 8.25. The topological polar surface area (TPSA) is 123 Å². The van der Waals surface area contributed by atoms with Crippen molar-refractivity contribution in [3.63, 3.8) is 0 Å². The molecule has 3 heterocycles. The number of aromatic nitrogens is 2. The number of ether oxygens (including phenoxy) is 1. The van der Waals surface area contributed by atoms with Gasteiger partial charge in [-0.1, -0.05) is 11.6 Å². The molecular formula is C29H36ClN7O3. The minimum Gasteiger partial charge on any atom is -0.490 e. The first-order valence-corrected chi connectivity index (χ1v) is 14.6. The number of nitriles is 1. The van der Waals surface area contributed by atoms with Crippen LogP contribution in [-0.2, 0) is 4.79 Å². The van der Waals surface area contributed by atoms with Crippen LogP contribution in [0.4, 0.5) is 5.82 Å². The molecule has 0 spiro atoms. The zero-order chi connectivity index (χ0) is 28.1. The van der Waals surface area contributed by atoms with E-state index < -0.39 is 0 Å². The van der Waals surface area contributed by atoms with Gasteiger partial charge >= 0.3 is 0 Å². The van der Waals surface area contributed by atoms with Crippen LogP contribution in [0.25, 0.3) is 0 Å². The van der Waals surface area contributed by atoms with Crippen LogP contribution in [0.2, 0.25) is 5.02 Å². The Kier molecular flexibility index (Phi) is 9.02. The SMILES string of the molecule is Cc1c(OC2CCC(NC(=O)c3ccc(N4CCN(C(=O)C5CCNCC5)CC4)nn3)CC2)ccc(C#N)c1Cl. The number of hydrogen-bond donors (Lipinski definition) is 2. The summed E-state index contributed by atoms with van der Waals surface area (Å²) in [6.07, 6.45) is 5.06. The normalized spacial score (nSPS) is 21.9. The quantitative estimate of drug-likeness (QED) is 0.548. The lowest BCUT2D eigenvalue weighted by molar-refractivity contribution is -0.136. The second-order valence-corrected chi connectivity index (χ2v) is 11.2. The summed E-state index contributed by atoms with van der Waals surface area (Å²) in [4.78, 5) is 29.7. The lowest BCUT2D eigenvalue weighted by atomic mass is 9.92. The zero-order valence-electron chi connectivity index (χ0n) is 22.9. The van der Waals surface area contributed by atoms with Crippen molar-refractivity contribution in [2.45, 2.75) is 57.6 Å². The summed E-state index contributed by atoms with van der Waals surface area (Å²) < 4.78 is 6.17. The number of carbonyl (C=O) groups is 2. The maximum absolute atomic E-state index is 12.8. The van der Waals surface area contributed by atoms with Crippen molar-refractivity contribution in [3.05, 3.63) is 46.1 Å². The van der Waals surface area contributed by atoms with Crippen molar-refractivity contribution in [2.24, 2.45) is 5.92 Å². The minimum atomic E-state index is -0.226. The van der Waals surface area contributed by atoms with E-state index in [4.69, 9.17) is 21.6 Å². The van der Waals surface area contributed by atoms with E-state index in [0.29, 0.717) is 48.2 Å². The zero-order valence-corrected chi connectivity index (χ0v) is 23.6. The summed E-state index contributed by atoms with van der Waals surface area (Å²) in [5.41, 5.74) is 1.51. The summed E-state index contributed by atoms with van der Waals surface area (Å²) in [5.74, 6) is 1.60. The Bertz CT molecular complexity index is 1240. The molecule has 10 nitrogen and oxygen atoms in total. The highest BCUT2D eigenvalue weighted by Gasteiger charge is 2.29. The van der Waals surface area contributed by atoms with E-state index in [1.54, 1.807) is 18.2 Å². The average Bonchev–Trinajstić information content (AvgIpc) is 3.01. The first-order chi connectivity index (χ1) is 19.4. The first-order valence-electron chi connectivity index (χ1n) is 14.2. The number of halogens is 1. The fourth-order valence-corrected chi connectivity index (χ4v) is 5.94. The number of hydrogen-bond acceptors (Lipinski definition) is 8. The maximum atomic E-state index is 12.8. The van der Waals surface area contributed by atoms with Crippen LogP contribution in [0.1, 0.15) is 60.1 Å². The van der Waals surface area contributed by atoms with Crippen molar-refractivity contribution >= 4 is 29.2 Å². The van der Waals surface area contributed by atoms with Crippen LogP contribution >= 0.6 is 11.6 Å². The molecule has 3 fully saturated rings. The third kappa shape index (κ3) is 6.48. The van der Waals surface area contributed by atoms with Gasteiger partial charge in [0.1, 0.15) is 11.8 Å². The van der Waals surface area contributed by atoms with Crippen LogP contribution in [0.5, 0.6) is 5.75 Å². The second kappa shape index (κ2) is 12.8. The van der Waals surface area contributed by atoms with E-state index >= 15 is 0 Å². The number of carbonyl (C=O) groups excluding carboxylic acids is 2. The van der Waals surface area contributed by atoms with Crippen molar-refractivity contribution in [3.8, 4) is 11.8 Å². The number of piperazine rings is 1. The van der Waals surface area contributed by atoms with E-state index in [1.807, 2.05) is 17.9 Å². The van der Waals surface area contributed by atoms with Crippen LogP contribution in [0.15, 0.2) is 24.3 Å². The Balaban J connectivity index is 1.06. The van der Waals surface area contributed by atoms with Gasteiger partial charge in [-0.2, -0.15) is 5.26 Å². The van der Waals surface area contributed by atoms with Crippen molar-refractivity contribution in [2.75, 3.05) is 44.2 Å². The van der Waals surface area contributed by atoms with E-state index in [1.165, 1.54) is 0 Å². The molecule has 2 aliphatic heterocycles. The number of nitrogens with one attached hydrogen (secondary N) is 2. The van der Waals surface area contributed by atoms with Crippen LogP contribution < -0.4 is 20.3 Å². The molecule has 1 aliphatic carbocycles. The van der Waals surface area contributed by atoms with E-state index in [9.17, 15) is 9.59 Å². The van der Waals surface area contributed by atoms with Crippen LogP contribution in [0.3, 0.4) is 0 Å². The van der Waals surface area contributed by atoms with Crippen LogP contribution in [-0.4, -0.2) is 78.3 Å². The summed E-state index contributed by atoms with van der Waals surface area (Å²) in [6.45, 7) is 6.45. The molecule has 3 aliphatic rings. The Morgan fingerprint density at radius 1 is 1.02 bits per heavy atom. The predicted molar refractivity (Wildman–Crippen MR) is 151 cm³/mol. The molecular weight excluding hydrogens is 530 g/mol. The Morgan fingerprint density at radius 2 is 1.75 bits per heavy atom. The third-order valence-corrected chi connectivity index (χ3v) is 8.73. The molecule has 5 rings (SSSR count). The standard InChI is InChI=1S/C29H36ClN7O3/c1-19-25(8-2-21(18-31)27(19)30)40-23-5-3-22(4-6-23)33-28(38)24-7-9-26(35-34-24)36-14-16-37(17-15-36)29(39)20-10-12-32-13-11-20/h2,7-9,20,22-23,32H,3-6,10-17H2,1H3,(H,33,38). The van der Waals surface area contributed by atoms with Gasteiger partial charge in [0.15, 0.2) is 11.5 Å². The molecule has 2 saturated heterocycles. The summed E-state index contributed by atoms with van der Waals surface area (Å²) >= 11 is 6.27. The highest BCUT2D eigenvalue weighted by molar-refractivity contribution is 6.32. The Hall–Kier alpha value is -3.42. The molecule has 40 heavy (non-hydrogen) atoms. The molecule has 0 atom stereocenters. The second-order valence-electron chi connectivity index (χ2n) is 10.8. The number of benzene rings is 1. The first kappa shape index (κ1) is 28.1. The predicted octanol–water partition coefficient (Wildman–Crippen LogP) is 3.08. The molecule has 1 aromatic heterocycles. The van der Waals surface area contributed by atoms with Gasteiger partial charge in [0.25, 0.3) is 5.91 Å². The summed E-state index contributed by atoms with van der Waals surface area (Å²) in [5, 5.41) is 24.5. The molecule has 2 amide bonds. The lowest BCUT2D eigenvalue weighted by Gasteiger charge is -2.37. The number of nitrogens with zero attached hydrogens (tertiary/aromatic N) is 5. The minimum absolute atomic E-state index is 0.0327. The fourth-order valence-electron chi connectivity index (χ4n) is 5.74. The van der Waals surface area contributed by atoms with Crippen molar-refractivity contribution in [1.82, 2.24) is 25.7 Å². The molecule has 1 saturated carbocycles. The number of anilines is 1. The molecule has 1 aromatic carbocycles. The average molecular weight is 566 g/mol. The summed E-state index contributed by atoms with van der Waals surface area (Å²) in [7, 11) is 0. The smallest absolute Gasteiger partial charge is 0.272 e. The number of piperidine rings is 1. The molecule has 0 unspecified atom stereocenters. The Morgan fingerprint density at radius 3 is 2.40 bits per heavy atom. The van der Waals surface area contributed by atoms with Gasteiger partial charge < -0.3 is 25.2 Å². The monoisotopic (exact) mass is 565 g/mol. The van der Waals surface area contributed by atoms with Gasteiger partial charge in [-0.3, -0.25) is 9.59 Å². The fraction of sp³-hybridized carbons (Fsp3) is 0.552. The van der Waals surface area contributed by atoms with Crippen LogP contribution in [0, 0.1) is 24.2 Å². The van der Waals surface area contributed by atoms with Gasteiger partial charge in [-0.15, -0.1) is 10.2 Å². The van der Waals surface area contributed by atoms with Gasteiger partial charge in [0, 0.05) is 43.7 Å². The molecule has 0 bridgehead atoms. The van der Waals surface area contributed by atoms with Crippen molar-refractivity contribution < 1.29 is 14.3 Å². The molecule has 2 aromatic rings. The van der Waals surface area contributed by atoms with E-state index in [0.717, 1.165) is 63.0 Å². The molecule has 212 valence electrons. The van der Waals surface area contributed by atoms with E-state index in [-0.39, 0.29) is 29.9 Å². The largest absolute Gasteiger partial charge is 0.490 e. The van der Waals surface area contributed by atoms with Gasteiger partial charge in [-0.25, -0.2) is 0 Å². The highest BCUT2D eigenvalue weighted by atomic mass is 35.5. The number of rotatable bonds is 6. The van der Waals surface area contributed by atoms with Gasteiger partial charge in [0.05, 0.1) is 16.7 Å².